The van der Waals surface area contributed by atoms with Crippen LogP contribution in [0.5, 0.6) is 0 Å². The van der Waals surface area contributed by atoms with E-state index >= 15 is 0 Å². The SMILES string of the molecule is CS(=O)(=O)N1CC[C@@H](n2cc(Cl)nc(Cl)c2=O)C1. The molecule has 0 amide bonds. The summed E-state index contributed by atoms with van der Waals surface area (Å²) in [4.78, 5) is 15.4. The number of rotatable bonds is 2. The Morgan fingerprint density at radius 1 is 1.44 bits per heavy atom. The van der Waals surface area contributed by atoms with E-state index in [-0.39, 0.29) is 22.9 Å². The number of aromatic nitrogens is 2. The Morgan fingerprint density at radius 3 is 2.67 bits per heavy atom. The predicted molar refractivity (Wildman–Crippen MR) is 68.6 cm³/mol. The zero-order valence-corrected chi connectivity index (χ0v) is 11.8. The van der Waals surface area contributed by atoms with E-state index in [4.69, 9.17) is 23.2 Å². The number of sulfonamides is 1. The van der Waals surface area contributed by atoms with Gasteiger partial charge < -0.3 is 4.57 Å². The normalized spacial score (nSPS) is 21.4. The molecule has 1 aliphatic heterocycles. The van der Waals surface area contributed by atoms with Gasteiger partial charge in [0.05, 0.1) is 12.3 Å². The second-order valence-corrected chi connectivity index (χ2v) is 6.86. The van der Waals surface area contributed by atoms with E-state index in [1.165, 1.54) is 15.1 Å². The fraction of sp³-hybridized carbons (Fsp3) is 0.556. The molecule has 0 bridgehead atoms. The molecule has 0 saturated carbocycles. The fourth-order valence-corrected chi connectivity index (χ4v) is 3.26. The van der Waals surface area contributed by atoms with Gasteiger partial charge in [0.15, 0.2) is 5.15 Å². The third-order valence-corrected chi connectivity index (χ3v) is 4.55. The summed E-state index contributed by atoms with van der Waals surface area (Å²) in [7, 11) is -3.24. The molecule has 2 rings (SSSR count). The van der Waals surface area contributed by atoms with Gasteiger partial charge in [0.2, 0.25) is 10.0 Å². The quantitative estimate of drug-likeness (QED) is 0.808. The minimum atomic E-state index is -3.24. The minimum absolute atomic E-state index is 0.109. The molecule has 1 aromatic heterocycles. The third-order valence-electron chi connectivity index (χ3n) is 2.85. The average molecular weight is 312 g/mol. The van der Waals surface area contributed by atoms with Crippen LogP contribution in [0, 0.1) is 0 Å². The summed E-state index contributed by atoms with van der Waals surface area (Å²) < 4.78 is 25.5. The van der Waals surface area contributed by atoms with Crippen LogP contribution >= 0.6 is 23.2 Å². The lowest BCUT2D eigenvalue weighted by atomic mass is 10.2. The van der Waals surface area contributed by atoms with Gasteiger partial charge in [-0.15, -0.1) is 0 Å². The van der Waals surface area contributed by atoms with Crippen molar-refractivity contribution in [2.45, 2.75) is 12.5 Å². The van der Waals surface area contributed by atoms with Gasteiger partial charge in [-0.25, -0.2) is 17.7 Å². The molecule has 6 nitrogen and oxygen atoms in total. The van der Waals surface area contributed by atoms with Crippen LogP contribution in [0.15, 0.2) is 11.0 Å². The molecule has 1 aromatic rings. The Balaban J connectivity index is 2.33. The lowest BCUT2D eigenvalue weighted by Gasteiger charge is -2.15. The van der Waals surface area contributed by atoms with Gasteiger partial charge >= 0.3 is 0 Å². The number of nitrogens with zero attached hydrogens (tertiary/aromatic N) is 3. The maximum atomic E-state index is 11.8. The standard InChI is InChI=1S/C9H11Cl2N3O3S/c1-18(16,17)13-3-2-6(4-13)14-5-7(10)12-8(11)9(14)15/h5-6H,2-4H2,1H3/t6-/m1/s1. The van der Waals surface area contributed by atoms with E-state index in [9.17, 15) is 13.2 Å². The van der Waals surface area contributed by atoms with Gasteiger partial charge in [-0.05, 0) is 6.42 Å². The molecule has 9 heteroatoms. The van der Waals surface area contributed by atoms with Crippen LogP contribution in [0.2, 0.25) is 10.3 Å². The second kappa shape index (κ2) is 4.80. The van der Waals surface area contributed by atoms with E-state index in [2.05, 4.69) is 4.98 Å². The van der Waals surface area contributed by atoms with Crippen molar-refractivity contribution in [3.63, 3.8) is 0 Å². The number of hydrogen-bond acceptors (Lipinski definition) is 4. The van der Waals surface area contributed by atoms with Crippen molar-refractivity contribution in [3.8, 4) is 0 Å². The lowest BCUT2D eigenvalue weighted by molar-refractivity contribution is 0.450. The highest BCUT2D eigenvalue weighted by molar-refractivity contribution is 7.88. The third kappa shape index (κ3) is 2.69. The molecule has 1 saturated heterocycles. The van der Waals surface area contributed by atoms with Crippen LogP contribution in [0.25, 0.3) is 0 Å². The molecule has 1 aliphatic rings. The van der Waals surface area contributed by atoms with Crippen molar-refractivity contribution in [1.82, 2.24) is 13.9 Å². The smallest absolute Gasteiger partial charge is 0.288 e. The molecule has 0 aliphatic carbocycles. The molecule has 0 aromatic carbocycles. The summed E-state index contributed by atoms with van der Waals surface area (Å²) in [6.45, 7) is 0.628. The van der Waals surface area contributed by atoms with Crippen LogP contribution in [0.4, 0.5) is 0 Å². The molecule has 1 atom stereocenters. The molecule has 18 heavy (non-hydrogen) atoms. The molecular weight excluding hydrogens is 301 g/mol. The van der Waals surface area contributed by atoms with Crippen LogP contribution in [-0.2, 0) is 10.0 Å². The molecule has 0 N–H and O–H groups in total. The first-order valence-corrected chi connectivity index (χ1v) is 7.79. The van der Waals surface area contributed by atoms with Gasteiger partial charge in [0.1, 0.15) is 5.15 Å². The second-order valence-electron chi connectivity index (χ2n) is 4.13. The van der Waals surface area contributed by atoms with Gasteiger partial charge in [0, 0.05) is 19.3 Å². The van der Waals surface area contributed by atoms with Gasteiger partial charge in [-0.1, -0.05) is 23.2 Å². The summed E-state index contributed by atoms with van der Waals surface area (Å²) in [5.74, 6) is 0. The van der Waals surface area contributed by atoms with Crippen molar-refractivity contribution >= 4 is 33.2 Å². The molecule has 2 heterocycles. The van der Waals surface area contributed by atoms with Crippen molar-refractivity contribution in [2.24, 2.45) is 0 Å². The summed E-state index contributed by atoms with van der Waals surface area (Å²) in [5, 5.41) is -0.0993. The predicted octanol–water partition coefficient (Wildman–Crippen LogP) is 0.756. The fourth-order valence-electron chi connectivity index (χ4n) is 1.96. The number of halogens is 2. The van der Waals surface area contributed by atoms with E-state index in [1.807, 2.05) is 0 Å². The average Bonchev–Trinajstić information content (AvgIpc) is 2.71. The first-order chi connectivity index (χ1) is 8.29. The van der Waals surface area contributed by atoms with Crippen LogP contribution in [0.1, 0.15) is 12.5 Å². The Labute approximate surface area is 114 Å². The molecule has 0 unspecified atom stereocenters. The Kier molecular flexibility index (Phi) is 3.68. The summed E-state index contributed by atoms with van der Waals surface area (Å²) in [6, 6.07) is -0.259. The van der Waals surface area contributed by atoms with E-state index < -0.39 is 15.6 Å². The zero-order valence-electron chi connectivity index (χ0n) is 9.51. The van der Waals surface area contributed by atoms with Gasteiger partial charge in [-0.2, -0.15) is 0 Å². The summed E-state index contributed by atoms with van der Waals surface area (Å²) in [5.41, 5.74) is -0.457. The highest BCUT2D eigenvalue weighted by Crippen LogP contribution is 2.23. The van der Waals surface area contributed by atoms with Crippen LogP contribution in [0.3, 0.4) is 0 Å². The maximum Gasteiger partial charge on any atom is 0.288 e. The summed E-state index contributed by atoms with van der Waals surface area (Å²) >= 11 is 11.4. The minimum Gasteiger partial charge on any atom is -0.305 e. The maximum absolute atomic E-state index is 11.8. The molecule has 1 fully saturated rings. The highest BCUT2D eigenvalue weighted by atomic mass is 35.5. The van der Waals surface area contributed by atoms with E-state index in [0.29, 0.717) is 13.0 Å². The molecule has 0 radical (unpaired) electrons. The van der Waals surface area contributed by atoms with Crippen molar-refractivity contribution in [1.29, 1.82) is 0 Å². The zero-order chi connectivity index (χ0) is 13.5. The monoisotopic (exact) mass is 311 g/mol. The first kappa shape index (κ1) is 13.8. The molecule has 0 spiro atoms. The van der Waals surface area contributed by atoms with Crippen molar-refractivity contribution in [3.05, 3.63) is 26.9 Å². The largest absolute Gasteiger partial charge is 0.305 e. The highest BCUT2D eigenvalue weighted by Gasteiger charge is 2.30. The lowest BCUT2D eigenvalue weighted by Crippen LogP contribution is -2.31. The van der Waals surface area contributed by atoms with Crippen molar-refractivity contribution in [2.75, 3.05) is 19.3 Å². The topological polar surface area (TPSA) is 72.3 Å². The Bertz CT molecular complexity index is 628. The molecule has 100 valence electrons. The first-order valence-electron chi connectivity index (χ1n) is 5.18. The molecular formula is C9H11Cl2N3O3S. The van der Waals surface area contributed by atoms with Gasteiger partial charge in [0.25, 0.3) is 5.56 Å². The number of hydrogen-bond donors (Lipinski definition) is 0. The Morgan fingerprint density at radius 2 is 2.11 bits per heavy atom. The van der Waals surface area contributed by atoms with Crippen LogP contribution in [-0.4, -0.2) is 41.6 Å². The Hall–Kier alpha value is -0.630. The van der Waals surface area contributed by atoms with Crippen LogP contribution < -0.4 is 5.56 Å². The van der Waals surface area contributed by atoms with Gasteiger partial charge in [-0.3, -0.25) is 4.79 Å². The summed E-state index contributed by atoms with van der Waals surface area (Å²) in [6.07, 6.45) is 3.07. The van der Waals surface area contributed by atoms with E-state index in [0.717, 1.165) is 6.26 Å². The van der Waals surface area contributed by atoms with E-state index in [1.54, 1.807) is 0 Å². The van der Waals surface area contributed by atoms with Crippen molar-refractivity contribution < 1.29 is 8.42 Å².